The van der Waals surface area contributed by atoms with E-state index in [1.807, 2.05) is 0 Å². The summed E-state index contributed by atoms with van der Waals surface area (Å²) in [6.45, 7) is 7.13. The van der Waals surface area contributed by atoms with Crippen LogP contribution in [-0.2, 0) is 12.8 Å². The van der Waals surface area contributed by atoms with E-state index in [-0.39, 0.29) is 0 Å². The van der Waals surface area contributed by atoms with E-state index < -0.39 is 0 Å². The van der Waals surface area contributed by atoms with Gasteiger partial charge in [-0.3, -0.25) is 4.90 Å². The molecule has 4 rings (SSSR count). The molecule has 2 aliphatic heterocycles. The Balaban J connectivity index is 1.41. The molecule has 0 amide bonds. The van der Waals surface area contributed by atoms with Gasteiger partial charge in [-0.25, -0.2) is 10.0 Å². The highest BCUT2D eigenvalue weighted by atomic mass is 16.5. The molecule has 1 atom stereocenters. The van der Waals surface area contributed by atoms with E-state index in [9.17, 15) is 0 Å². The number of piperidine rings is 1. The van der Waals surface area contributed by atoms with Crippen LogP contribution in [0.1, 0.15) is 30.4 Å². The van der Waals surface area contributed by atoms with Gasteiger partial charge in [-0.05, 0) is 48.9 Å². The number of ether oxygens (including phenoxy) is 1. The van der Waals surface area contributed by atoms with Crippen LogP contribution in [0.25, 0.3) is 0 Å². The van der Waals surface area contributed by atoms with E-state index in [1.165, 1.54) is 43.5 Å². The second-order valence-corrected chi connectivity index (χ2v) is 8.40. The maximum Gasteiger partial charge on any atom is 0.118 e. The zero-order valence-corrected chi connectivity index (χ0v) is 17.8. The Hall–Kier alpha value is -1.88. The topological polar surface area (TPSA) is 19.0 Å². The van der Waals surface area contributed by atoms with E-state index in [0.717, 1.165) is 44.8 Å². The van der Waals surface area contributed by atoms with E-state index in [0.29, 0.717) is 6.04 Å². The second-order valence-electron chi connectivity index (χ2n) is 8.40. The Bertz CT molecular complexity index is 719. The fourth-order valence-corrected chi connectivity index (χ4v) is 4.77. The van der Waals surface area contributed by atoms with Crippen LogP contribution in [0.2, 0.25) is 0 Å². The van der Waals surface area contributed by atoms with Gasteiger partial charge in [0.15, 0.2) is 0 Å². The van der Waals surface area contributed by atoms with Crippen LogP contribution in [0.15, 0.2) is 54.6 Å². The number of nitrogens with zero attached hydrogens (tertiary/aromatic N) is 3. The Morgan fingerprint density at radius 1 is 0.690 bits per heavy atom. The molecule has 0 saturated carbocycles. The molecule has 0 aromatic heterocycles. The first kappa shape index (κ1) is 20.4. The Labute approximate surface area is 176 Å². The Kier molecular flexibility index (Phi) is 7.20. The lowest BCUT2D eigenvalue weighted by Gasteiger charge is -2.45. The van der Waals surface area contributed by atoms with Crippen molar-refractivity contribution in [2.24, 2.45) is 0 Å². The third-order valence-electron chi connectivity index (χ3n) is 6.48. The van der Waals surface area contributed by atoms with Crippen molar-refractivity contribution < 1.29 is 4.74 Å². The number of methoxy groups -OCH3 is 1. The molecule has 2 aromatic rings. The Morgan fingerprint density at radius 3 is 1.90 bits per heavy atom. The summed E-state index contributed by atoms with van der Waals surface area (Å²) in [6.07, 6.45) is 6.30. The molecule has 0 aliphatic carbocycles. The minimum absolute atomic E-state index is 0.536. The standard InChI is InChI=1S/C25H35N3O/c1-29-25-12-10-23(11-13-25)21-24(20-22-8-4-2-5-9-22)26-16-18-28(19-17-26)27-14-6-3-7-15-27/h2,4-5,8-13,24H,3,6-7,14-21H2,1H3. The van der Waals surface area contributed by atoms with Crippen molar-refractivity contribution in [1.29, 1.82) is 0 Å². The second kappa shape index (κ2) is 10.2. The van der Waals surface area contributed by atoms with E-state index in [4.69, 9.17) is 4.74 Å². The molecule has 4 nitrogen and oxygen atoms in total. The van der Waals surface area contributed by atoms with Crippen LogP contribution in [0.3, 0.4) is 0 Å². The van der Waals surface area contributed by atoms with Crippen molar-refractivity contribution in [2.45, 2.75) is 38.1 Å². The van der Waals surface area contributed by atoms with Crippen LogP contribution in [0.5, 0.6) is 5.75 Å². The van der Waals surface area contributed by atoms with Gasteiger partial charge in [0, 0.05) is 45.3 Å². The number of hydrogen-bond acceptors (Lipinski definition) is 4. The quantitative estimate of drug-likeness (QED) is 0.711. The molecule has 1 unspecified atom stereocenters. The molecule has 2 heterocycles. The molecule has 2 aliphatic rings. The van der Waals surface area contributed by atoms with E-state index >= 15 is 0 Å². The molecule has 0 radical (unpaired) electrons. The largest absolute Gasteiger partial charge is 0.497 e. The van der Waals surface area contributed by atoms with Crippen molar-refractivity contribution in [3.8, 4) is 5.75 Å². The van der Waals surface area contributed by atoms with Crippen molar-refractivity contribution >= 4 is 0 Å². The molecule has 4 heteroatoms. The molecule has 2 aromatic carbocycles. The SMILES string of the molecule is COc1ccc(CC(Cc2ccccc2)N2CCN(N3CCCCC3)CC2)cc1. The number of piperazine rings is 1. The molecule has 2 saturated heterocycles. The van der Waals surface area contributed by atoms with Gasteiger partial charge in [0.1, 0.15) is 5.75 Å². The monoisotopic (exact) mass is 393 g/mol. The van der Waals surface area contributed by atoms with E-state index in [1.54, 1.807) is 7.11 Å². The van der Waals surface area contributed by atoms with Gasteiger partial charge in [0.2, 0.25) is 0 Å². The van der Waals surface area contributed by atoms with Gasteiger partial charge in [-0.2, -0.15) is 0 Å². The zero-order chi connectivity index (χ0) is 19.9. The summed E-state index contributed by atoms with van der Waals surface area (Å²) in [5.74, 6) is 0.934. The molecule has 156 valence electrons. The number of benzene rings is 2. The van der Waals surface area contributed by atoms with Gasteiger partial charge < -0.3 is 4.74 Å². The number of hydrazine groups is 1. The summed E-state index contributed by atoms with van der Waals surface area (Å²) in [6, 6.07) is 20.1. The number of rotatable bonds is 7. The van der Waals surface area contributed by atoms with Crippen LogP contribution in [0.4, 0.5) is 0 Å². The van der Waals surface area contributed by atoms with Crippen LogP contribution in [0, 0.1) is 0 Å². The summed E-state index contributed by atoms with van der Waals surface area (Å²) in [7, 11) is 1.73. The molecule has 0 N–H and O–H groups in total. The molecule has 29 heavy (non-hydrogen) atoms. The van der Waals surface area contributed by atoms with Gasteiger partial charge in [0.05, 0.1) is 7.11 Å². The predicted octanol–water partition coefficient (Wildman–Crippen LogP) is 3.87. The highest BCUT2D eigenvalue weighted by Gasteiger charge is 2.27. The lowest BCUT2D eigenvalue weighted by atomic mass is 9.97. The minimum Gasteiger partial charge on any atom is -0.497 e. The zero-order valence-electron chi connectivity index (χ0n) is 17.8. The van der Waals surface area contributed by atoms with Crippen molar-refractivity contribution in [3.63, 3.8) is 0 Å². The van der Waals surface area contributed by atoms with Gasteiger partial charge >= 0.3 is 0 Å². The lowest BCUT2D eigenvalue weighted by Crippen LogP contribution is -2.57. The summed E-state index contributed by atoms with van der Waals surface area (Å²) in [5.41, 5.74) is 2.83. The fourth-order valence-electron chi connectivity index (χ4n) is 4.77. The molecule has 0 spiro atoms. The third kappa shape index (κ3) is 5.59. The Morgan fingerprint density at radius 2 is 1.28 bits per heavy atom. The maximum atomic E-state index is 5.33. The van der Waals surface area contributed by atoms with Crippen LogP contribution in [-0.4, -0.2) is 67.3 Å². The predicted molar refractivity (Wildman–Crippen MR) is 119 cm³/mol. The summed E-state index contributed by atoms with van der Waals surface area (Å²) in [5, 5.41) is 5.22. The minimum atomic E-state index is 0.536. The van der Waals surface area contributed by atoms with Crippen molar-refractivity contribution in [3.05, 3.63) is 65.7 Å². The van der Waals surface area contributed by atoms with Gasteiger partial charge in [0.25, 0.3) is 0 Å². The highest BCUT2D eigenvalue weighted by Crippen LogP contribution is 2.20. The average Bonchev–Trinajstić information content (AvgIpc) is 2.80. The fraction of sp³-hybridized carbons (Fsp3) is 0.520. The van der Waals surface area contributed by atoms with E-state index in [2.05, 4.69) is 69.5 Å². The van der Waals surface area contributed by atoms with Crippen molar-refractivity contribution in [2.75, 3.05) is 46.4 Å². The van der Waals surface area contributed by atoms with Crippen LogP contribution >= 0.6 is 0 Å². The van der Waals surface area contributed by atoms with Gasteiger partial charge in [-0.1, -0.05) is 48.9 Å². The molecular formula is C25H35N3O. The molecule has 2 fully saturated rings. The highest BCUT2D eigenvalue weighted by molar-refractivity contribution is 5.28. The van der Waals surface area contributed by atoms with Crippen LogP contribution < -0.4 is 4.74 Å². The first-order chi connectivity index (χ1) is 14.3. The first-order valence-electron chi connectivity index (χ1n) is 11.2. The number of hydrogen-bond donors (Lipinski definition) is 0. The smallest absolute Gasteiger partial charge is 0.118 e. The first-order valence-corrected chi connectivity index (χ1v) is 11.2. The lowest BCUT2D eigenvalue weighted by molar-refractivity contribution is -0.0741. The molecule has 0 bridgehead atoms. The normalized spacial score (nSPS) is 20.4. The maximum absolute atomic E-state index is 5.33. The third-order valence-corrected chi connectivity index (χ3v) is 6.48. The summed E-state index contributed by atoms with van der Waals surface area (Å²) < 4.78 is 5.33. The van der Waals surface area contributed by atoms with Crippen molar-refractivity contribution in [1.82, 2.24) is 14.9 Å². The summed E-state index contributed by atoms with van der Waals surface area (Å²) in [4.78, 5) is 2.72. The average molecular weight is 394 g/mol. The van der Waals surface area contributed by atoms with Gasteiger partial charge in [-0.15, -0.1) is 0 Å². The molecular weight excluding hydrogens is 358 g/mol. The summed E-state index contributed by atoms with van der Waals surface area (Å²) >= 11 is 0.